The molecule has 0 aliphatic heterocycles. The molecule has 2 aromatic carbocycles. The van der Waals surface area contributed by atoms with Gasteiger partial charge in [0.1, 0.15) is 5.75 Å². The molecule has 0 aromatic heterocycles. The molecule has 1 aliphatic carbocycles. The molecule has 2 heteroatoms. The standard InChI is InChI=1S/C19H23NO/c1-13-4-6-15(7-5-13)19(16-8-9-16)20-17-10-11-18(21-3)14(2)12-17/h4-7,10-12,16,19-20H,8-9H2,1-3H3. The molecule has 1 atom stereocenters. The van der Waals surface area contributed by atoms with Crippen LogP contribution in [0.4, 0.5) is 5.69 Å². The normalized spacial score (nSPS) is 15.6. The van der Waals surface area contributed by atoms with Crippen LogP contribution in [0.3, 0.4) is 0 Å². The highest BCUT2D eigenvalue weighted by Crippen LogP contribution is 2.43. The molecule has 1 aliphatic rings. The molecular weight excluding hydrogens is 258 g/mol. The predicted molar refractivity (Wildman–Crippen MR) is 88.0 cm³/mol. The lowest BCUT2D eigenvalue weighted by molar-refractivity contribution is 0.412. The average molecular weight is 281 g/mol. The van der Waals surface area contributed by atoms with Gasteiger partial charge in [0, 0.05) is 5.69 Å². The second-order valence-electron chi connectivity index (χ2n) is 6.05. The first-order chi connectivity index (χ1) is 10.2. The fraction of sp³-hybridized carbons (Fsp3) is 0.368. The third-order valence-corrected chi connectivity index (χ3v) is 4.25. The van der Waals surface area contributed by atoms with Crippen LogP contribution in [0.1, 0.15) is 35.6 Å². The first-order valence-corrected chi connectivity index (χ1v) is 7.65. The Labute approximate surface area is 127 Å². The summed E-state index contributed by atoms with van der Waals surface area (Å²) in [5.74, 6) is 1.70. The molecule has 1 fully saturated rings. The van der Waals surface area contributed by atoms with E-state index in [2.05, 4.69) is 55.6 Å². The summed E-state index contributed by atoms with van der Waals surface area (Å²) in [6.45, 7) is 4.22. The number of hydrogen-bond donors (Lipinski definition) is 1. The van der Waals surface area contributed by atoms with Crippen LogP contribution in [0, 0.1) is 19.8 Å². The molecule has 0 spiro atoms. The van der Waals surface area contributed by atoms with E-state index in [1.165, 1.54) is 35.2 Å². The number of rotatable bonds is 5. The number of benzene rings is 2. The van der Waals surface area contributed by atoms with Crippen molar-refractivity contribution in [3.05, 3.63) is 59.2 Å². The van der Waals surface area contributed by atoms with Crippen molar-refractivity contribution in [2.45, 2.75) is 32.7 Å². The number of methoxy groups -OCH3 is 1. The van der Waals surface area contributed by atoms with Crippen molar-refractivity contribution >= 4 is 5.69 Å². The van der Waals surface area contributed by atoms with Crippen LogP contribution in [-0.2, 0) is 0 Å². The fourth-order valence-electron chi connectivity index (χ4n) is 2.82. The van der Waals surface area contributed by atoms with Crippen LogP contribution < -0.4 is 10.1 Å². The smallest absolute Gasteiger partial charge is 0.121 e. The SMILES string of the molecule is COc1ccc(NC(c2ccc(C)cc2)C2CC2)cc1C. The topological polar surface area (TPSA) is 21.3 Å². The maximum absolute atomic E-state index is 5.33. The highest BCUT2D eigenvalue weighted by Gasteiger charge is 2.32. The zero-order valence-electron chi connectivity index (χ0n) is 13.0. The first-order valence-electron chi connectivity index (χ1n) is 7.65. The van der Waals surface area contributed by atoms with Gasteiger partial charge in [-0.15, -0.1) is 0 Å². The number of anilines is 1. The molecule has 110 valence electrons. The Hall–Kier alpha value is -1.96. The second kappa shape index (κ2) is 5.80. The Balaban J connectivity index is 1.82. The van der Waals surface area contributed by atoms with E-state index in [0.717, 1.165) is 11.7 Å². The van der Waals surface area contributed by atoms with E-state index >= 15 is 0 Å². The monoisotopic (exact) mass is 281 g/mol. The van der Waals surface area contributed by atoms with E-state index in [9.17, 15) is 0 Å². The molecule has 1 N–H and O–H groups in total. The molecule has 0 bridgehead atoms. The highest BCUT2D eigenvalue weighted by molar-refractivity contribution is 5.52. The van der Waals surface area contributed by atoms with E-state index < -0.39 is 0 Å². The predicted octanol–water partition coefficient (Wildman–Crippen LogP) is 4.88. The van der Waals surface area contributed by atoms with Gasteiger partial charge in [0.05, 0.1) is 13.2 Å². The van der Waals surface area contributed by atoms with Crippen LogP contribution in [-0.4, -0.2) is 7.11 Å². The minimum atomic E-state index is 0.415. The number of hydrogen-bond acceptors (Lipinski definition) is 2. The number of nitrogens with one attached hydrogen (secondary N) is 1. The summed E-state index contributed by atoms with van der Waals surface area (Å²) >= 11 is 0. The molecule has 0 radical (unpaired) electrons. The second-order valence-corrected chi connectivity index (χ2v) is 6.05. The summed E-state index contributed by atoms with van der Waals surface area (Å²) in [5, 5.41) is 3.71. The lowest BCUT2D eigenvalue weighted by atomic mass is 10.0. The highest BCUT2D eigenvalue weighted by atomic mass is 16.5. The van der Waals surface area contributed by atoms with Gasteiger partial charge in [-0.1, -0.05) is 29.8 Å². The van der Waals surface area contributed by atoms with Gasteiger partial charge in [-0.2, -0.15) is 0 Å². The maximum Gasteiger partial charge on any atom is 0.121 e. The molecule has 0 saturated heterocycles. The van der Waals surface area contributed by atoms with Crippen molar-refractivity contribution in [1.29, 1.82) is 0 Å². The fourth-order valence-corrected chi connectivity index (χ4v) is 2.82. The Morgan fingerprint density at radius 1 is 1.05 bits per heavy atom. The van der Waals surface area contributed by atoms with Crippen molar-refractivity contribution in [2.75, 3.05) is 12.4 Å². The summed E-state index contributed by atoms with van der Waals surface area (Å²) < 4.78 is 5.33. The van der Waals surface area contributed by atoms with E-state index in [1.54, 1.807) is 7.11 Å². The van der Waals surface area contributed by atoms with Gasteiger partial charge in [0.2, 0.25) is 0 Å². The summed E-state index contributed by atoms with van der Waals surface area (Å²) in [6.07, 6.45) is 2.64. The van der Waals surface area contributed by atoms with Crippen LogP contribution >= 0.6 is 0 Å². The van der Waals surface area contributed by atoms with E-state index in [-0.39, 0.29) is 0 Å². The van der Waals surface area contributed by atoms with Gasteiger partial charge in [-0.05, 0) is 61.9 Å². The molecule has 2 aromatic rings. The molecule has 2 nitrogen and oxygen atoms in total. The van der Waals surface area contributed by atoms with E-state index in [1.807, 2.05) is 6.07 Å². The summed E-state index contributed by atoms with van der Waals surface area (Å²) in [6, 6.07) is 15.6. The molecule has 21 heavy (non-hydrogen) atoms. The first kappa shape index (κ1) is 14.0. The van der Waals surface area contributed by atoms with Gasteiger partial charge >= 0.3 is 0 Å². The molecule has 1 saturated carbocycles. The third-order valence-electron chi connectivity index (χ3n) is 4.25. The van der Waals surface area contributed by atoms with E-state index in [4.69, 9.17) is 4.74 Å². The number of ether oxygens (including phenoxy) is 1. The molecule has 3 rings (SSSR count). The van der Waals surface area contributed by atoms with Gasteiger partial charge < -0.3 is 10.1 Å². The largest absolute Gasteiger partial charge is 0.496 e. The van der Waals surface area contributed by atoms with Gasteiger partial charge in [-0.25, -0.2) is 0 Å². The maximum atomic E-state index is 5.33. The zero-order valence-corrected chi connectivity index (χ0v) is 13.0. The van der Waals surface area contributed by atoms with E-state index in [0.29, 0.717) is 6.04 Å². The lowest BCUT2D eigenvalue weighted by Gasteiger charge is -2.21. The van der Waals surface area contributed by atoms with Crippen LogP contribution in [0.5, 0.6) is 5.75 Å². The van der Waals surface area contributed by atoms with Crippen LogP contribution in [0.25, 0.3) is 0 Å². The quantitative estimate of drug-likeness (QED) is 0.843. The van der Waals surface area contributed by atoms with Gasteiger partial charge in [0.15, 0.2) is 0 Å². The minimum Gasteiger partial charge on any atom is -0.496 e. The Bertz CT molecular complexity index is 614. The Morgan fingerprint density at radius 2 is 1.76 bits per heavy atom. The van der Waals surface area contributed by atoms with Crippen molar-refractivity contribution in [3.63, 3.8) is 0 Å². The summed E-state index contributed by atoms with van der Waals surface area (Å²) in [7, 11) is 1.72. The van der Waals surface area contributed by atoms with Crippen molar-refractivity contribution in [2.24, 2.45) is 5.92 Å². The van der Waals surface area contributed by atoms with Crippen LogP contribution in [0.2, 0.25) is 0 Å². The van der Waals surface area contributed by atoms with Crippen molar-refractivity contribution in [3.8, 4) is 5.75 Å². The van der Waals surface area contributed by atoms with Gasteiger partial charge in [0.25, 0.3) is 0 Å². The minimum absolute atomic E-state index is 0.415. The molecule has 0 amide bonds. The van der Waals surface area contributed by atoms with Crippen LogP contribution in [0.15, 0.2) is 42.5 Å². The zero-order chi connectivity index (χ0) is 14.8. The summed E-state index contributed by atoms with van der Waals surface area (Å²) in [5.41, 5.74) is 5.04. The Morgan fingerprint density at radius 3 is 2.33 bits per heavy atom. The summed E-state index contributed by atoms with van der Waals surface area (Å²) in [4.78, 5) is 0. The van der Waals surface area contributed by atoms with Gasteiger partial charge in [-0.3, -0.25) is 0 Å². The lowest BCUT2D eigenvalue weighted by Crippen LogP contribution is -2.13. The number of aryl methyl sites for hydroxylation is 2. The third kappa shape index (κ3) is 3.21. The van der Waals surface area contributed by atoms with Crippen molar-refractivity contribution < 1.29 is 4.74 Å². The Kier molecular flexibility index (Phi) is 3.87. The van der Waals surface area contributed by atoms with Crippen molar-refractivity contribution in [1.82, 2.24) is 0 Å². The molecular formula is C19H23NO. The molecule has 0 heterocycles. The molecule has 1 unspecified atom stereocenters. The average Bonchev–Trinajstić information content (AvgIpc) is 3.31.